The molecule has 0 aromatic heterocycles. The van der Waals surface area contributed by atoms with Crippen LogP contribution < -0.4 is 10.2 Å². The van der Waals surface area contributed by atoms with E-state index < -0.39 is 0 Å². The minimum atomic E-state index is -0.0531. The Kier molecular flexibility index (Phi) is 7.60. The SMILES string of the molecule is CCCCOc1ccc(C=NNC(=O)CN2CCCCC2)cc1. The first kappa shape index (κ1) is 17.5. The quantitative estimate of drug-likeness (QED) is 0.456. The van der Waals surface area contributed by atoms with Crippen LogP contribution in [-0.2, 0) is 4.79 Å². The summed E-state index contributed by atoms with van der Waals surface area (Å²) < 4.78 is 5.61. The molecule has 1 aliphatic heterocycles. The van der Waals surface area contributed by atoms with Gasteiger partial charge in [0.05, 0.1) is 19.4 Å². The number of ether oxygens (including phenoxy) is 1. The van der Waals surface area contributed by atoms with Crippen LogP contribution in [0.25, 0.3) is 0 Å². The lowest BCUT2D eigenvalue weighted by atomic mass is 10.1. The van der Waals surface area contributed by atoms with Crippen molar-refractivity contribution < 1.29 is 9.53 Å². The van der Waals surface area contributed by atoms with Crippen molar-refractivity contribution in [2.24, 2.45) is 5.10 Å². The van der Waals surface area contributed by atoms with Crippen LogP contribution >= 0.6 is 0 Å². The minimum Gasteiger partial charge on any atom is -0.494 e. The highest BCUT2D eigenvalue weighted by molar-refractivity contribution is 5.83. The molecule has 0 atom stereocenters. The summed E-state index contributed by atoms with van der Waals surface area (Å²) in [6.07, 6.45) is 7.49. The molecule has 1 fully saturated rings. The Morgan fingerprint density at radius 1 is 1.26 bits per heavy atom. The summed E-state index contributed by atoms with van der Waals surface area (Å²) in [5.41, 5.74) is 3.53. The minimum absolute atomic E-state index is 0.0531. The summed E-state index contributed by atoms with van der Waals surface area (Å²) in [6, 6.07) is 7.71. The van der Waals surface area contributed by atoms with E-state index in [1.54, 1.807) is 6.21 Å². The van der Waals surface area contributed by atoms with Crippen LogP contribution in [0.15, 0.2) is 29.4 Å². The summed E-state index contributed by atoms with van der Waals surface area (Å²) in [4.78, 5) is 14.0. The van der Waals surface area contributed by atoms with E-state index in [4.69, 9.17) is 4.74 Å². The fourth-order valence-corrected chi connectivity index (χ4v) is 2.52. The molecule has 0 unspecified atom stereocenters. The Labute approximate surface area is 138 Å². The van der Waals surface area contributed by atoms with Gasteiger partial charge in [0.25, 0.3) is 5.91 Å². The summed E-state index contributed by atoms with van der Waals surface area (Å²) in [7, 11) is 0. The number of unbranched alkanes of at least 4 members (excludes halogenated alkanes) is 1. The van der Waals surface area contributed by atoms with E-state index in [9.17, 15) is 4.79 Å². The molecular weight excluding hydrogens is 290 g/mol. The molecule has 0 radical (unpaired) electrons. The third-order valence-corrected chi connectivity index (χ3v) is 3.87. The molecule has 0 aliphatic carbocycles. The van der Waals surface area contributed by atoms with E-state index in [0.29, 0.717) is 6.54 Å². The van der Waals surface area contributed by atoms with Gasteiger partial charge in [-0.1, -0.05) is 19.8 Å². The molecule has 1 aromatic rings. The van der Waals surface area contributed by atoms with Crippen molar-refractivity contribution in [2.75, 3.05) is 26.2 Å². The number of nitrogens with one attached hydrogen (secondary N) is 1. The van der Waals surface area contributed by atoms with Crippen LogP contribution in [0.2, 0.25) is 0 Å². The molecule has 2 rings (SSSR count). The first-order chi connectivity index (χ1) is 11.3. The largest absolute Gasteiger partial charge is 0.494 e. The second-order valence-electron chi connectivity index (χ2n) is 5.90. The molecule has 1 N–H and O–H groups in total. The lowest BCUT2D eigenvalue weighted by Gasteiger charge is -2.25. The summed E-state index contributed by atoms with van der Waals surface area (Å²) >= 11 is 0. The zero-order valence-electron chi connectivity index (χ0n) is 14.0. The van der Waals surface area contributed by atoms with Crippen molar-refractivity contribution in [2.45, 2.75) is 39.0 Å². The molecule has 126 valence electrons. The van der Waals surface area contributed by atoms with Gasteiger partial charge in [0.2, 0.25) is 0 Å². The van der Waals surface area contributed by atoms with Crippen LogP contribution in [0, 0.1) is 0 Å². The smallest absolute Gasteiger partial charge is 0.254 e. The second kappa shape index (κ2) is 10.0. The highest BCUT2D eigenvalue weighted by atomic mass is 16.5. The number of hydrogen-bond donors (Lipinski definition) is 1. The lowest BCUT2D eigenvalue weighted by Crippen LogP contribution is -2.38. The maximum Gasteiger partial charge on any atom is 0.254 e. The van der Waals surface area contributed by atoms with E-state index in [1.807, 2.05) is 24.3 Å². The first-order valence-electron chi connectivity index (χ1n) is 8.55. The Balaban J connectivity index is 1.70. The highest BCUT2D eigenvalue weighted by Gasteiger charge is 2.12. The normalized spacial score (nSPS) is 15.7. The van der Waals surface area contributed by atoms with E-state index in [2.05, 4.69) is 22.4 Å². The Hall–Kier alpha value is -1.88. The Bertz CT molecular complexity index is 493. The molecule has 0 spiro atoms. The van der Waals surface area contributed by atoms with Gasteiger partial charge in [-0.2, -0.15) is 5.10 Å². The van der Waals surface area contributed by atoms with Gasteiger partial charge in [-0.3, -0.25) is 9.69 Å². The highest BCUT2D eigenvalue weighted by Crippen LogP contribution is 2.11. The van der Waals surface area contributed by atoms with E-state index in [1.165, 1.54) is 19.3 Å². The molecule has 1 heterocycles. The first-order valence-corrected chi connectivity index (χ1v) is 8.55. The number of nitrogens with zero attached hydrogens (tertiary/aromatic N) is 2. The van der Waals surface area contributed by atoms with Crippen LogP contribution in [0.5, 0.6) is 5.75 Å². The molecule has 0 saturated carbocycles. The zero-order valence-corrected chi connectivity index (χ0v) is 14.0. The number of carbonyl (C=O) groups is 1. The van der Waals surface area contributed by atoms with E-state index in [0.717, 1.165) is 43.9 Å². The van der Waals surface area contributed by atoms with Gasteiger partial charge in [-0.05, 0) is 62.2 Å². The fraction of sp³-hybridized carbons (Fsp3) is 0.556. The van der Waals surface area contributed by atoms with Crippen LogP contribution in [0.3, 0.4) is 0 Å². The van der Waals surface area contributed by atoms with Crippen molar-refractivity contribution in [1.82, 2.24) is 10.3 Å². The standard InChI is InChI=1S/C18H27N3O2/c1-2-3-13-23-17-9-7-16(8-10-17)14-19-20-18(22)15-21-11-5-4-6-12-21/h7-10,14H,2-6,11-13,15H2,1H3,(H,20,22). The van der Waals surface area contributed by atoms with Crippen LogP contribution in [0.4, 0.5) is 0 Å². The molecule has 1 aliphatic rings. The summed E-state index contributed by atoms with van der Waals surface area (Å²) in [5, 5.41) is 4.02. The predicted octanol–water partition coefficient (Wildman–Crippen LogP) is 2.80. The van der Waals surface area contributed by atoms with Gasteiger partial charge < -0.3 is 4.74 Å². The molecule has 1 saturated heterocycles. The topological polar surface area (TPSA) is 53.9 Å². The molecule has 5 nitrogen and oxygen atoms in total. The average Bonchev–Trinajstić information content (AvgIpc) is 2.57. The number of hydrogen-bond acceptors (Lipinski definition) is 4. The number of likely N-dealkylation sites (tertiary alicyclic amines) is 1. The number of hydrazone groups is 1. The molecule has 0 bridgehead atoms. The van der Waals surface area contributed by atoms with Crippen molar-refractivity contribution in [3.63, 3.8) is 0 Å². The monoisotopic (exact) mass is 317 g/mol. The van der Waals surface area contributed by atoms with Crippen molar-refractivity contribution in [1.29, 1.82) is 0 Å². The molecular formula is C18H27N3O2. The predicted molar refractivity (Wildman–Crippen MR) is 92.9 cm³/mol. The van der Waals surface area contributed by atoms with E-state index >= 15 is 0 Å². The van der Waals surface area contributed by atoms with Gasteiger partial charge in [-0.25, -0.2) is 5.43 Å². The van der Waals surface area contributed by atoms with Crippen LogP contribution in [-0.4, -0.2) is 43.3 Å². The van der Waals surface area contributed by atoms with Crippen molar-refractivity contribution in [3.8, 4) is 5.75 Å². The average molecular weight is 317 g/mol. The third kappa shape index (κ3) is 6.82. The molecule has 23 heavy (non-hydrogen) atoms. The number of carbonyl (C=O) groups excluding carboxylic acids is 1. The number of piperidine rings is 1. The second-order valence-corrected chi connectivity index (χ2v) is 5.90. The maximum atomic E-state index is 11.8. The number of rotatable bonds is 8. The van der Waals surface area contributed by atoms with Crippen molar-refractivity contribution >= 4 is 12.1 Å². The molecule has 1 amide bonds. The lowest BCUT2D eigenvalue weighted by molar-refractivity contribution is -0.122. The van der Waals surface area contributed by atoms with Crippen LogP contribution in [0.1, 0.15) is 44.6 Å². The Morgan fingerprint density at radius 3 is 2.70 bits per heavy atom. The third-order valence-electron chi connectivity index (χ3n) is 3.87. The van der Waals surface area contributed by atoms with Gasteiger partial charge in [0.1, 0.15) is 5.75 Å². The zero-order chi connectivity index (χ0) is 16.3. The maximum absolute atomic E-state index is 11.8. The summed E-state index contributed by atoms with van der Waals surface area (Å²) in [5.74, 6) is 0.812. The van der Waals surface area contributed by atoms with Gasteiger partial charge >= 0.3 is 0 Å². The van der Waals surface area contributed by atoms with Crippen molar-refractivity contribution in [3.05, 3.63) is 29.8 Å². The van der Waals surface area contributed by atoms with Gasteiger partial charge in [-0.15, -0.1) is 0 Å². The van der Waals surface area contributed by atoms with E-state index in [-0.39, 0.29) is 5.91 Å². The fourth-order valence-electron chi connectivity index (χ4n) is 2.52. The summed E-state index contributed by atoms with van der Waals surface area (Å²) in [6.45, 7) is 5.34. The molecule has 1 aromatic carbocycles. The Morgan fingerprint density at radius 2 is 2.00 bits per heavy atom. The number of amides is 1. The number of benzene rings is 1. The molecule has 5 heteroatoms. The van der Waals surface area contributed by atoms with Gasteiger partial charge in [0, 0.05) is 0 Å². The van der Waals surface area contributed by atoms with Gasteiger partial charge in [0.15, 0.2) is 0 Å².